The van der Waals surface area contributed by atoms with E-state index in [-0.39, 0.29) is 42.7 Å². The minimum Gasteiger partial charge on any atom is -0.473 e. The molecule has 8 heteroatoms. The number of likely N-dealkylation sites (N-methyl/N-ethyl adjacent to an activating group) is 1. The van der Waals surface area contributed by atoms with Gasteiger partial charge in [-0.25, -0.2) is 19.0 Å². The number of rotatable bonds is 7. The fourth-order valence-corrected chi connectivity index (χ4v) is 4.09. The number of halogens is 2. The predicted octanol–water partition coefficient (Wildman–Crippen LogP) is 4.96. The molecule has 0 aromatic carbocycles. The number of hydrogen-bond donors (Lipinski definition) is 1. The molecule has 1 N–H and O–H groups in total. The fraction of sp³-hybridized carbons (Fsp3) is 0.696. The molecular weight excluding hydrogens is 404 g/mol. The smallest absolute Gasteiger partial charge is 0.410 e. The zero-order valence-corrected chi connectivity index (χ0v) is 19.0. The highest BCUT2D eigenvalue weighted by atomic mass is 19.1. The first-order valence-electron chi connectivity index (χ1n) is 11.2. The van der Waals surface area contributed by atoms with E-state index in [1.807, 2.05) is 31.9 Å². The van der Waals surface area contributed by atoms with Gasteiger partial charge >= 0.3 is 6.09 Å². The number of nitrogens with zero attached hydrogens (tertiary/aromatic N) is 2. The van der Waals surface area contributed by atoms with Crippen LogP contribution in [0.15, 0.2) is 35.3 Å². The van der Waals surface area contributed by atoms with Gasteiger partial charge in [0.05, 0.1) is 6.04 Å². The molecule has 1 unspecified atom stereocenters. The van der Waals surface area contributed by atoms with Crippen molar-refractivity contribution in [3.63, 3.8) is 0 Å². The second-order valence-electron chi connectivity index (χ2n) is 9.67. The lowest BCUT2D eigenvalue weighted by Gasteiger charge is -2.28. The largest absolute Gasteiger partial charge is 0.473 e. The van der Waals surface area contributed by atoms with Crippen LogP contribution in [-0.2, 0) is 9.47 Å². The Bertz CT molecular complexity index is 752. The summed E-state index contributed by atoms with van der Waals surface area (Å²) in [4.78, 5) is 13.8. The minimum atomic E-state index is -0.562. The Balaban J connectivity index is 1.64. The van der Waals surface area contributed by atoms with Crippen molar-refractivity contribution in [2.24, 2.45) is 5.92 Å². The third-order valence-corrected chi connectivity index (χ3v) is 5.66. The van der Waals surface area contributed by atoms with E-state index in [9.17, 15) is 13.6 Å². The van der Waals surface area contributed by atoms with Gasteiger partial charge in [-0.15, -0.1) is 0 Å². The Morgan fingerprint density at radius 2 is 1.97 bits per heavy atom. The molecule has 2 aliphatic carbocycles. The van der Waals surface area contributed by atoms with Gasteiger partial charge in [0, 0.05) is 38.6 Å². The van der Waals surface area contributed by atoms with Gasteiger partial charge in [0.2, 0.25) is 5.88 Å². The predicted molar refractivity (Wildman–Crippen MR) is 115 cm³/mol. The summed E-state index contributed by atoms with van der Waals surface area (Å²) >= 11 is 0. The summed E-state index contributed by atoms with van der Waals surface area (Å²) < 4.78 is 39.0. The molecule has 1 atom stereocenters. The van der Waals surface area contributed by atoms with Gasteiger partial charge in [-0.05, 0) is 51.7 Å². The van der Waals surface area contributed by atoms with Gasteiger partial charge in [0.1, 0.15) is 23.9 Å². The Kier molecular flexibility index (Phi) is 7.62. The van der Waals surface area contributed by atoms with Crippen molar-refractivity contribution in [1.82, 2.24) is 15.3 Å². The maximum Gasteiger partial charge on any atom is 0.410 e. The second-order valence-corrected chi connectivity index (χ2v) is 9.67. The van der Waals surface area contributed by atoms with Crippen molar-refractivity contribution in [3.8, 4) is 0 Å². The zero-order chi connectivity index (χ0) is 22.6. The van der Waals surface area contributed by atoms with Gasteiger partial charge in [0.15, 0.2) is 0 Å². The van der Waals surface area contributed by atoms with Crippen LogP contribution in [0.4, 0.5) is 13.6 Å². The Labute approximate surface area is 183 Å². The molecule has 174 valence electrons. The number of allylic oxidation sites excluding steroid dienone is 2. The third-order valence-electron chi connectivity index (χ3n) is 5.66. The quantitative estimate of drug-likeness (QED) is 0.608. The lowest BCUT2D eigenvalue weighted by molar-refractivity contribution is 0.0276. The summed E-state index contributed by atoms with van der Waals surface area (Å²) in [5.74, 6) is 0.508. The van der Waals surface area contributed by atoms with Crippen molar-refractivity contribution in [3.05, 3.63) is 35.3 Å². The molecule has 1 heterocycles. The molecule has 1 saturated carbocycles. The molecule has 0 aromatic heterocycles. The van der Waals surface area contributed by atoms with E-state index in [2.05, 4.69) is 5.43 Å². The van der Waals surface area contributed by atoms with Crippen molar-refractivity contribution in [2.75, 3.05) is 26.7 Å². The number of amides is 1. The number of carbonyl (C=O) groups excluding carboxylic acids is 1. The van der Waals surface area contributed by atoms with E-state index in [1.54, 1.807) is 7.05 Å². The standard InChI is InChI=1S/C23H35F2N3O3/c1-23(2,3)31-22(29)27(4)14-19-12-21(28(26-19)13-16-7-5-6-8-16)30-15-17-11-18(24)9-10-20(17)25/h11-12,16,19,26H,5-10,13-15H2,1-4H3. The molecule has 6 nitrogen and oxygen atoms in total. The Morgan fingerprint density at radius 1 is 1.26 bits per heavy atom. The van der Waals surface area contributed by atoms with Crippen LogP contribution in [0.1, 0.15) is 59.3 Å². The van der Waals surface area contributed by atoms with Crippen LogP contribution in [0.25, 0.3) is 0 Å². The average Bonchev–Trinajstić information content (AvgIpc) is 3.31. The first-order valence-corrected chi connectivity index (χ1v) is 11.2. The molecular formula is C23H35F2N3O3. The molecule has 3 aliphatic rings. The highest BCUT2D eigenvalue weighted by Crippen LogP contribution is 2.29. The maximum atomic E-state index is 14.1. The normalized spacial score (nSPS) is 22.5. The monoisotopic (exact) mass is 439 g/mol. The van der Waals surface area contributed by atoms with E-state index >= 15 is 0 Å². The van der Waals surface area contributed by atoms with Crippen molar-refractivity contribution >= 4 is 6.09 Å². The molecule has 1 amide bonds. The molecule has 1 fully saturated rings. The molecule has 0 aromatic rings. The van der Waals surface area contributed by atoms with Gasteiger partial charge in [-0.2, -0.15) is 0 Å². The number of carbonyl (C=O) groups is 1. The Hall–Kier alpha value is -2.09. The van der Waals surface area contributed by atoms with Crippen molar-refractivity contribution < 1.29 is 23.0 Å². The van der Waals surface area contributed by atoms with Crippen LogP contribution in [0.2, 0.25) is 0 Å². The van der Waals surface area contributed by atoms with Crippen LogP contribution in [0, 0.1) is 5.92 Å². The van der Waals surface area contributed by atoms with Gasteiger partial charge < -0.3 is 14.4 Å². The summed E-state index contributed by atoms with van der Waals surface area (Å²) in [6.45, 7) is 6.65. The van der Waals surface area contributed by atoms with Gasteiger partial charge in [-0.3, -0.25) is 5.01 Å². The van der Waals surface area contributed by atoms with E-state index in [0.29, 0.717) is 18.3 Å². The molecule has 0 spiro atoms. The summed E-state index contributed by atoms with van der Waals surface area (Å²) in [6.07, 6.45) is 7.71. The van der Waals surface area contributed by atoms with Crippen molar-refractivity contribution in [2.45, 2.75) is 70.9 Å². The number of ether oxygens (including phenoxy) is 2. The summed E-state index contributed by atoms with van der Waals surface area (Å²) in [7, 11) is 1.69. The van der Waals surface area contributed by atoms with Crippen LogP contribution in [0.5, 0.6) is 0 Å². The molecule has 0 saturated heterocycles. The molecule has 0 bridgehead atoms. The highest BCUT2D eigenvalue weighted by Gasteiger charge is 2.30. The SMILES string of the molecule is CN(CC1C=C(OCC2=C(F)CCC(F)=C2)N(CC2CCCC2)N1)C(=O)OC(C)(C)C. The van der Waals surface area contributed by atoms with Crippen LogP contribution in [-0.4, -0.2) is 54.4 Å². The first-order chi connectivity index (χ1) is 14.6. The summed E-state index contributed by atoms with van der Waals surface area (Å²) in [5.41, 5.74) is 3.08. The van der Waals surface area contributed by atoms with Gasteiger partial charge in [0.25, 0.3) is 0 Å². The first kappa shape index (κ1) is 23.6. The molecule has 0 radical (unpaired) electrons. The second kappa shape index (κ2) is 10.0. The van der Waals surface area contributed by atoms with Crippen LogP contribution in [0.3, 0.4) is 0 Å². The number of nitrogens with one attached hydrogen (secondary N) is 1. The van der Waals surface area contributed by atoms with Crippen LogP contribution < -0.4 is 5.43 Å². The maximum absolute atomic E-state index is 14.1. The van der Waals surface area contributed by atoms with Crippen LogP contribution >= 0.6 is 0 Å². The number of hydrogen-bond acceptors (Lipinski definition) is 5. The third kappa shape index (κ3) is 6.95. The highest BCUT2D eigenvalue weighted by molar-refractivity contribution is 5.67. The van der Waals surface area contributed by atoms with Crippen molar-refractivity contribution in [1.29, 1.82) is 0 Å². The lowest BCUT2D eigenvalue weighted by atomic mass is 10.1. The molecule has 1 aliphatic heterocycles. The summed E-state index contributed by atoms with van der Waals surface area (Å²) in [6, 6.07) is -0.161. The van der Waals surface area contributed by atoms with E-state index < -0.39 is 11.7 Å². The fourth-order valence-electron chi connectivity index (χ4n) is 4.09. The Morgan fingerprint density at radius 3 is 2.65 bits per heavy atom. The lowest BCUT2D eigenvalue weighted by Crippen LogP contribution is -2.46. The average molecular weight is 440 g/mol. The zero-order valence-electron chi connectivity index (χ0n) is 19.0. The van der Waals surface area contributed by atoms with E-state index in [0.717, 1.165) is 6.54 Å². The van der Waals surface area contributed by atoms with Gasteiger partial charge in [-0.1, -0.05) is 12.8 Å². The molecule has 31 heavy (non-hydrogen) atoms. The minimum absolute atomic E-state index is 0.0252. The number of hydrazine groups is 1. The topological polar surface area (TPSA) is 54.0 Å². The van der Waals surface area contributed by atoms with E-state index in [1.165, 1.54) is 36.7 Å². The summed E-state index contributed by atoms with van der Waals surface area (Å²) in [5, 5.41) is 1.95. The van der Waals surface area contributed by atoms with E-state index in [4.69, 9.17) is 9.47 Å². The molecule has 3 rings (SSSR count).